The Labute approximate surface area is 89.0 Å². The van der Waals surface area contributed by atoms with Gasteiger partial charge in [-0.15, -0.1) is 0 Å². The Hall–Kier alpha value is 0.310. The van der Waals surface area contributed by atoms with Gasteiger partial charge in [0.05, 0.1) is 0 Å². The van der Waals surface area contributed by atoms with Crippen molar-refractivity contribution in [3.05, 3.63) is 0 Å². The molecule has 0 spiro atoms. The van der Waals surface area contributed by atoms with E-state index in [1.54, 1.807) is 0 Å². The Kier molecular flexibility index (Phi) is 3.13. The minimum Gasteiger partial charge on any atom is -0.263 e. The summed E-state index contributed by atoms with van der Waals surface area (Å²) in [4.78, 5) is 0. The fraction of sp³-hybridized carbons (Fsp3) is 1.00. The molecular formula is C10H22N3P. The molecule has 0 radical (unpaired) electrons. The van der Waals surface area contributed by atoms with Crippen LogP contribution in [0.15, 0.2) is 0 Å². The Balaban J connectivity index is 2.15. The Morgan fingerprint density at radius 2 is 1.43 bits per heavy atom. The van der Waals surface area contributed by atoms with Crippen molar-refractivity contribution in [1.29, 1.82) is 0 Å². The van der Waals surface area contributed by atoms with Gasteiger partial charge in [-0.05, 0) is 41.0 Å². The zero-order valence-electron chi connectivity index (χ0n) is 9.77. The molecule has 1 heterocycles. The molecule has 0 aromatic heterocycles. The van der Waals surface area contributed by atoms with E-state index < -0.39 is 0 Å². The summed E-state index contributed by atoms with van der Waals surface area (Å²) in [7, 11) is 8.84. The van der Waals surface area contributed by atoms with Crippen molar-refractivity contribution in [1.82, 2.24) is 14.0 Å². The highest BCUT2D eigenvalue weighted by atomic mass is 31.2. The highest BCUT2D eigenvalue weighted by Gasteiger charge is 2.45. The monoisotopic (exact) mass is 215 g/mol. The SMILES string of the molecule is CN(C)P1N(C)C2CCCCC2N1C. The van der Waals surface area contributed by atoms with E-state index in [4.69, 9.17) is 0 Å². The highest BCUT2D eigenvalue weighted by molar-refractivity contribution is 7.50. The predicted molar refractivity (Wildman–Crippen MR) is 62.2 cm³/mol. The zero-order chi connectivity index (χ0) is 10.3. The van der Waals surface area contributed by atoms with Gasteiger partial charge in [0.1, 0.15) is 8.37 Å². The number of hydrogen-bond donors (Lipinski definition) is 0. The van der Waals surface area contributed by atoms with Crippen LogP contribution in [0.4, 0.5) is 0 Å². The second-order valence-electron chi connectivity index (χ2n) is 4.68. The van der Waals surface area contributed by atoms with Gasteiger partial charge in [0.25, 0.3) is 0 Å². The fourth-order valence-corrected chi connectivity index (χ4v) is 5.66. The number of hydrogen-bond acceptors (Lipinski definition) is 3. The van der Waals surface area contributed by atoms with Crippen LogP contribution in [0.5, 0.6) is 0 Å². The second-order valence-corrected chi connectivity index (χ2v) is 7.28. The maximum Gasteiger partial charge on any atom is 0.119 e. The van der Waals surface area contributed by atoms with Crippen LogP contribution >= 0.6 is 8.37 Å². The molecule has 1 aliphatic carbocycles. The van der Waals surface area contributed by atoms with Crippen molar-refractivity contribution in [2.45, 2.75) is 37.8 Å². The molecule has 0 bridgehead atoms. The minimum atomic E-state index is -0.177. The number of likely N-dealkylation sites (N-methyl/N-ethyl adjacent to an activating group) is 2. The van der Waals surface area contributed by atoms with Crippen LogP contribution in [0.2, 0.25) is 0 Å². The van der Waals surface area contributed by atoms with E-state index in [9.17, 15) is 0 Å². The van der Waals surface area contributed by atoms with Crippen LogP contribution in [0, 0.1) is 0 Å². The van der Waals surface area contributed by atoms with Crippen LogP contribution in [0.1, 0.15) is 25.7 Å². The molecule has 2 fully saturated rings. The van der Waals surface area contributed by atoms with Gasteiger partial charge in [-0.3, -0.25) is 14.0 Å². The molecule has 2 aliphatic rings. The molecule has 0 amide bonds. The van der Waals surface area contributed by atoms with Crippen molar-refractivity contribution < 1.29 is 0 Å². The van der Waals surface area contributed by atoms with Crippen LogP contribution in [0.3, 0.4) is 0 Å². The largest absolute Gasteiger partial charge is 0.263 e. The van der Waals surface area contributed by atoms with Crippen molar-refractivity contribution in [2.24, 2.45) is 0 Å². The van der Waals surface area contributed by atoms with E-state index in [-0.39, 0.29) is 8.37 Å². The molecule has 0 aromatic carbocycles. The normalized spacial score (nSPS) is 40.5. The van der Waals surface area contributed by atoms with Crippen molar-refractivity contribution in [3.8, 4) is 0 Å². The molecule has 4 heteroatoms. The van der Waals surface area contributed by atoms with Crippen molar-refractivity contribution in [2.75, 3.05) is 28.2 Å². The van der Waals surface area contributed by atoms with Crippen LogP contribution < -0.4 is 0 Å². The first-order valence-corrected chi connectivity index (χ1v) is 6.76. The number of fused-ring (bicyclic) bond motifs is 1. The maximum atomic E-state index is 2.61. The lowest BCUT2D eigenvalue weighted by Crippen LogP contribution is -2.37. The Morgan fingerprint density at radius 1 is 1.00 bits per heavy atom. The average molecular weight is 215 g/mol. The molecule has 1 saturated carbocycles. The van der Waals surface area contributed by atoms with Gasteiger partial charge in [-0.2, -0.15) is 0 Å². The first-order chi connectivity index (χ1) is 6.63. The third-order valence-electron chi connectivity index (χ3n) is 3.58. The molecule has 1 aliphatic heterocycles. The van der Waals surface area contributed by atoms with E-state index in [0.717, 1.165) is 12.1 Å². The average Bonchev–Trinajstić information content (AvgIpc) is 2.41. The summed E-state index contributed by atoms with van der Waals surface area (Å²) in [5.41, 5.74) is 0. The van der Waals surface area contributed by atoms with Gasteiger partial charge in [-0.1, -0.05) is 12.8 Å². The van der Waals surface area contributed by atoms with Gasteiger partial charge in [0.2, 0.25) is 0 Å². The zero-order valence-corrected chi connectivity index (χ0v) is 10.7. The van der Waals surface area contributed by atoms with Crippen LogP contribution in [0.25, 0.3) is 0 Å². The molecule has 82 valence electrons. The molecule has 14 heavy (non-hydrogen) atoms. The molecule has 2 atom stereocenters. The van der Waals surface area contributed by atoms with Crippen LogP contribution in [-0.2, 0) is 0 Å². The van der Waals surface area contributed by atoms with Gasteiger partial charge >= 0.3 is 0 Å². The molecular weight excluding hydrogens is 193 g/mol. The van der Waals surface area contributed by atoms with Crippen molar-refractivity contribution >= 4 is 8.37 Å². The van der Waals surface area contributed by atoms with Gasteiger partial charge < -0.3 is 0 Å². The summed E-state index contributed by atoms with van der Waals surface area (Å²) in [5.74, 6) is 0. The molecule has 2 rings (SSSR count). The fourth-order valence-electron chi connectivity index (χ4n) is 3.02. The van der Waals surface area contributed by atoms with Gasteiger partial charge in [0.15, 0.2) is 0 Å². The van der Waals surface area contributed by atoms with Gasteiger partial charge in [-0.25, -0.2) is 0 Å². The summed E-state index contributed by atoms with van der Waals surface area (Å²) >= 11 is 0. The Bertz CT molecular complexity index is 192. The number of rotatable bonds is 1. The Morgan fingerprint density at radius 3 is 1.79 bits per heavy atom. The van der Waals surface area contributed by atoms with E-state index in [1.807, 2.05) is 0 Å². The summed E-state index contributed by atoms with van der Waals surface area (Å²) < 4.78 is 7.60. The highest BCUT2D eigenvalue weighted by Crippen LogP contribution is 2.55. The van der Waals surface area contributed by atoms with Gasteiger partial charge in [0, 0.05) is 12.1 Å². The minimum absolute atomic E-state index is 0.177. The smallest absolute Gasteiger partial charge is 0.119 e. The molecule has 1 saturated heterocycles. The third kappa shape index (κ3) is 1.61. The quantitative estimate of drug-likeness (QED) is 0.619. The van der Waals surface area contributed by atoms with Crippen LogP contribution in [-0.4, -0.2) is 54.3 Å². The van der Waals surface area contributed by atoms with E-state index in [0.29, 0.717) is 0 Å². The summed E-state index contributed by atoms with van der Waals surface area (Å²) in [6, 6.07) is 1.64. The second kappa shape index (κ2) is 4.05. The number of nitrogens with zero attached hydrogens (tertiary/aromatic N) is 3. The topological polar surface area (TPSA) is 9.72 Å². The summed E-state index contributed by atoms with van der Waals surface area (Å²) in [5, 5.41) is 0. The molecule has 2 unspecified atom stereocenters. The molecule has 3 nitrogen and oxygen atoms in total. The third-order valence-corrected chi connectivity index (χ3v) is 6.01. The molecule has 0 N–H and O–H groups in total. The predicted octanol–water partition coefficient (Wildman–Crippen LogP) is 1.96. The summed E-state index contributed by atoms with van der Waals surface area (Å²) in [6.07, 6.45) is 5.66. The lowest BCUT2D eigenvalue weighted by Gasteiger charge is -2.31. The van der Waals surface area contributed by atoms with E-state index in [1.165, 1.54) is 25.7 Å². The first kappa shape index (κ1) is 10.8. The molecule has 0 aromatic rings. The maximum absolute atomic E-state index is 2.61. The van der Waals surface area contributed by atoms with E-state index >= 15 is 0 Å². The summed E-state index contributed by atoms with van der Waals surface area (Å²) in [6.45, 7) is 0. The lowest BCUT2D eigenvalue weighted by atomic mass is 9.91. The van der Waals surface area contributed by atoms with Crippen molar-refractivity contribution in [3.63, 3.8) is 0 Å². The first-order valence-electron chi connectivity index (χ1n) is 5.56. The lowest BCUT2D eigenvalue weighted by molar-refractivity contribution is 0.233. The standard InChI is InChI=1S/C10H22N3P/c1-11(2)14-12(3)9-7-5-6-8-10(9)13(14)4/h9-10H,5-8H2,1-4H3. The van der Waals surface area contributed by atoms with E-state index in [2.05, 4.69) is 42.2 Å².